The summed E-state index contributed by atoms with van der Waals surface area (Å²) in [5, 5.41) is 5.96. The van der Waals surface area contributed by atoms with Gasteiger partial charge >= 0.3 is 12.2 Å². The highest BCUT2D eigenvalue weighted by Crippen LogP contribution is 2.29. The number of aromatic nitrogens is 2. The van der Waals surface area contributed by atoms with Gasteiger partial charge in [-0.2, -0.15) is 13.2 Å². The minimum Gasteiger partial charge on any atom is -0.336 e. The third kappa shape index (κ3) is 5.29. The fraction of sp³-hybridized carbons (Fsp3) is 0.200. The number of nitrogens with zero attached hydrogens (tertiary/aromatic N) is 2. The van der Waals surface area contributed by atoms with E-state index in [4.69, 9.17) is 11.6 Å². The Kier molecular flexibility index (Phi) is 6.12. The molecule has 5 nitrogen and oxygen atoms in total. The maximum Gasteiger partial charge on any atom is 0.416 e. The second-order valence-electron chi connectivity index (χ2n) is 6.41. The molecule has 0 radical (unpaired) electrons. The van der Waals surface area contributed by atoms with Crippen LogP contribution in [0.1, 0.15) is 28.6 Å². The number of halogens is 4. The molecule has 3 aromatic rings. The van der Waals surface area contributed by atoms with Gasteiger partial charge in [-0.25, -0.2) is 9.78 Å². The van der Waals surface area contributed by atoms with Gasteiger partial charge in [-0.15, -0.1) is 0 Å². The molecule has 0 saturated heterocycles. The van der Waals surface area contributed by atoms with E-state index in [0.717, 1.165) is 17.7 Å². The van der Waals surface area contributed by atoms with Gasteiger partial charge in [-0.3, -0.25) is 0 Å². The summed E-state index contributed by atoms with van der Waals surface area (Å²) < 4.78 is 40.3. The molecule has 0 aliphatic carbocycles. The van der Waals surface area contributed by atoms with Crippen LogP contribution in [0.2, 0.25) is 5.02 Å². The molecule has 0 aliphatic heterocycles. The molecule has 0 fully saturated rings. The number of benzene rings is 2. The van der Waals surface area contributed by atoms with Crippen molar-refractivity contribution in [1.82, 2.24) is 20.2 Å². The summed E-state index contributed by atoms with van der Waals surface area (Å²) in [6.45, 7) is -0.0519. The first-order valence-electron chi connectivity index (χ1n) is 8.67. The maximum absolute atomic E-state index is 12.8. The summed E-state index contributed by atoms with van der Waals surface area (Å²) >= 11 is 5.94. The van der Waals surface area contributed by atoms with Crippen molar-refractivity contribution in [2.24, 2.45) is 7.05 Å². The quantitative estimate of drug-likeness (QED) is 0.627. The van der Waals surface area contributed by atoms with E-state index in [0.29, 0.717) is 16.4 Å². The lowest BCUT2D eigenvalue weighted by atomic mass is 10.1. The monoisotopic (exact) mass is 422 g/mol. The molecule has 0 saturated carbocycles. The van der Waals surface area contributed by atoms with Gasteiger partial charge in [0.1, 0.15) is 11.9 Å². The third-order valence-electron chi connectivity index (χ3n) is 4.30. The largest absolute Gasteiger partial charge is 0.416 e. The molecule has 1 atom stereocenters. The second-order valence-corrected chi connectivity index (χ2v) is 6.84. The Morgan fingerprint density at radius 2 is 1.93 bits per heavy atom. The second kappa shape index (κ2) is 8.57. The van der Waals surface area contributed by atoms with Crippen LogP contribution >= 0.6 is 11.6 Å². The highest BCUT2D eigenvalue weighted by atomic mass is 35.5. The molecular formula is C20H18ClF3N4O. The molecule has 2 aromatic carbocycles. The molecule has 0 unspecified atom stereocenters. The number of rotatable bonds is 5. The number of imidazole rings is 1. The first kappa shape index (κ1) is 20.7. The van der Waals surface area contributed by atoms with E-state index in [1.807, 2.05) is 0 Å². The van der Waals surface area contributed by atoms with Crippen LogP contribution in [0.4, 0.5) is 18.0 Å². The molecule has 2 amide bonds. The van der Waals surface area contributed by atoms with E-state index in [9.17, 15) is 18.0 Å². The zero-order valence-electron chi connectivity index (χ0n) is 15.4. The molecule has 29 heavy (non-hydrogen) atoms. The van der Waals surface area contributed by atoms with Gasteiger partial charge in [0.15, 0.2) is 0 Å². The summed E-state index contributed by atoms with van der Waals surface area (Å²) in [5.41, 5.74) is 0.345. The molecule has 3 rings (SSSR count). The van der Waals surface area contributed by atoms with E-state index >= 15 is 0 Å². The molecule has 2 N–H and O–H groups in total. The van der Waals surface area contributed by atoms with Crippen molar-refractivity contribution in [2.75, 3.05) is 0 Å². The van der Waals surface area contributed by atoms with Crippen LogP contribution in [0.15, 0.2) is 60.9 Å². The number of aryl methyl sites for hydroxylation is 1. The number of amides is 2. The van der Waals surface area contributed by atoms with Crippen LogP contribution in [0.5, 0.6) is 0 Å². The summed E-state index contributed by atoms with van der Waals surface area (Å²) in [4.78, 5) is 16.7. The van der Waals surface area contributed by atoms with E-state index in [-0.39, 0.29) is 6.54 Å². The normalized spacial score (nSPS) is 12.4. The number of hydrogen-bond donors (Lipinski definition) is 2. The van der Waals surface area contributed by atoms with Gasteiger partial charge in [0.25, 0.3) is 0 Å². The number of hydrogen-bond acceptors (Lipinski definition) is 2. The van der Waals surface area contributed by atoms with Crippen molar-refractivity contribution >= 4 is 17.6 Å². The third-order valence-corrected chi connectivity index (χ3v) is 4.55. The van der Waals surface area contributed by atoms with E-state index in [2.05, 4.69) is 15.6 Å². The summed E-state index contributed by atoms with van der Waals surface area (Å²) in [7, 11) is 1.80. The Morgan fingerprint density at radius 1 is 1.21 bits per heavy atom. The summed E-state index contributed by atoms with van der Waals surface area (Å²) in [6.07, 6.45) is -1.07. The molecular weight excluding hydrogens is 405 g/mol. The Morgan fingerprint density at radius 3 is 2.55 bits per heavy atom. The molecule has 152 valence electrons. The zero-order valence-corrected chi connectivity index (χ0v) is 16.1. The van der Waals surface area contributed by atoms with Crippen LogP contribution in [-0.2, 0) is 19.8 Å². The zero-order chi connectivity index (χ0) is 21.0. The Balaban J connectivity index is 1.72. The smallest absolute Gasteiger partial charge is 0.336 e. The lowest BCUT2D eigenvalue weighted by Crippen LogP contribution is -2.39. The topological polar surface area (TPSA) is 59.0 Å². The van der Waals surface area contributed by atoms with Crippen molar-refractivity contribution in [3.63, 3.8) is 0 Å². The Hall–Kier alpha value is -3.00. The van der Waals surface area contributed by atoms with Crippen LogP contribution in [0.25, 0.3) is 0 Å². The van der Waals surface area contributed by atoms with Crippen molar-refractivity contribution < 1.29 is 18.0 Å². The van der Waals surface area contributed by atoms with Gasteiger partial charge in [-0.1, -0.05) is 35.9 Å². The summed E-state index contributed by atoms with van der Waals surface area (Å²) in [5.74, 6) is 0.599. The fourth-order valence-electron chi connectivity index (χ4n) is 2.83. The minimum atomic E-state index is -4.43. The van der Waals surface area contributed by atoms with Gasteiger partial charge in [0, 0.05) is 31.0 Å². The first-order chi connectivity index (χ1) is 13.7. The predicted octanol–water partition coefficient (Wildman–Crippen LogP) is 4.68. The van der Waals surface area contributed by atoms with E-state index in [1.165, 1.54) is 12.1 Å². The van der Waals surface area contributed by atoms with Crippen LogP contribution < -0.4 is 10.6 Å². The van der Waals surface area contributed by atoms with Crippen LogP contribution in [0.3, 0.4) is 0 Å². The molecule has 9 heteroatoms. The van der Waals surface area contributed by atoms with Crippen molar-refractivity contribution in [3.05, 3.63) is 88.5 Å². The van der Waals surface area contributed by atoms with Crippen LogP contribution in [-0.4, -0.2) is 15.6 Å². The molecule has 1 heterocycles. The van der Waals surface area contributed by atoms with Gasteiger partial charge < -0.3 is 15.2 Å². The number of carbonyl (C=O) groups excluding carboxylic acids is 1. The van der Waals surface area contributed by atoms with Crippen molar-refractivity contribution in [1.29, 1.82) is 0 Å². The highest BCUT2D eigenvalue weighted by Gasteiger charge is 2.30. The van der Waals surface area contributed by atoms with Crippen molar-refractivity contribution in [3.8, 4) is 0 Å². The number of carbonyl (C=O) groups is 1. The Labute approximate surface area is 170 Å². The van der Waals surface area contributed by atoms with E-state index in [1.54, 1.807) is 48.3 Å². The van der Waals surface area contributed by atoms with Gasteiger partial charge in [0.05, 0.1) is 5.56 Å². The summed E-state index contributed by atoms with van der Waals surface area (Å²) in [6, 6.07) is 10.7. The fourth-order valence-corrected chi connectivity index (χ4v) is 2.96. The average molecular weight is 423 g/mol. The van der Waals surface area contributed by atoms with Crippen molar-refractivity contribution in [2.45, 2.75) is 18.8 Å². The lowest BCUT2D eigenvalue weighted by molar-refractivity contribution is -0.137. The van der Waals surface area contributed by atoms with Gasteiger partial charge in [0.2, 0.25) is 0 Å². The SMILES string of the molecule is Cn1ccnc1[C@H](NC(=O)NCc1cccc(C(F)(F)F)c1)c1ccc(Cl)cc1. The predicted molar refractivity (Wildman–Crippen MR) is 103 cm³/mol. The van der Waals surface area contributed by atoms with Gasteiger partial charge in [-0.05, 0) is 35.4 Å². The standard InChI is InChI=1S/C20H18ClF3N4O/c1-28-10-9-25-18(28)17(14-5-7-16(21)8-6-14)27-19(29)26-12-13-3-2-4-15(11-13)20(22,23)24/h2-11,17H,12H2,1H3,(H2,26,27,29)/t17-/m1/s1. The van der Waals surface area contributed by atoms with E-state index < -0.39 is 23.8 Å². The average Bonchev–Trinajstić information content (AvgIpc) is 3.10. The molecule has 0 bridgehead atoms. The highest BCUT2D eigenvalue weighted by molar-refractivity contribution is 6.30. The Bertz CT molecular complexity index is 986. The molecule has 0 spiro atoms. The minimum absolute atomic E-state index is 0.0519. The maximum atomic E-state index is 12.8. The molecule has 1 aromatic heterocycles. The number of alkyl halides is 3. The van der Waals surface area contributed by atoms with Crippen LogP contribution in [0, 0.1) is 0 Å². The first-order valence-corrected chi connectivity index (χ1v) is 9.05. The molecule has 0 aliphatic rings. The number of urea groups is 1. The number of nitrogens with one attached hydrogen (secondary N) is 2. The lowest BCUT2D eigenvalue weighted by Gasteiger charge is -2.20.